The Kier molecular flexibility index (Phi) is 3.95. The van der Waals surface area contributed by atoms with Crippen molar-refractivity contribution in [3.8, 4) is 0 Å². The van der Waals surface area contributed by atoms with Crippen LogP contribution in [0.25, 0.3) is 10.2 Å². The minimum atomic E-state index is -0.913. The second-order valence-corrected chi connectivity index (χ2v) is 7.73. The van der Waals surface area contributed by atoms with Crippen LogP contribution in [0.1, 0.15) is 27.3 Å². The van der Waals surface area contributed by atoms with E-state index in [0.717, 1.165) is 35.2 Å². The summed E-state index contributed by atoms with van der Waals surface area (Å²) in [5.74, 6) is 0.240. The highest BCUT2D eigenvalue weighted by Gasteiger charge is 2.20. The summed E-state index contributed by atoms with van der Waals surface area (Å²) in [6, 6.07) is 2.08. The summed E-state index contributed by atoms with van der Waals surface area (Å²) < 4.78 is 11.0. The summed E-state index contributed by atoms with van der Waals surface area (Å²) in [6.07, 6.45) is 4.80. The lowest BCUT2D eigenvalue weighted by Gasteiger charge is -2.02. The summed E-state index contributed by atoms with van der Waals surface area (Å²) in [7, 11) is -0.913. The average Bonchev–Trinajstić information content (AvgIpc) is 3.01. The number of aromatic nitrogens is 1. The van der Waals surface area contributed by atoms with E-state index in [1.54, 1.807) is 6.26 Å². The third-order valence-electron chi connectivity index (χ3n) is 3.63. The van der Waals surface area contributed by atoms with Gasteiger partial charge in [0.1, 0.15) is 9.71 Å². The zero-order valence-electron chi connectivity index (χ0n) is 11.8. The lowest BCUT2D eigenvalue weighted by Crippen LogP contribution is -2.27. The summed E-state index contributed by atoms with van der Waals surface area (Å²) in [5.41, 5.74) is 9.01. The van der Waals surface area contributed by atoms with Crippen LogP contribution in [-0.4, -0.2) is 33.7 Å². The molecule has 5 nitrogen and oxygen atoms in total. The van der Waals surface area contributed by atoms with Crippen molar-refractivity contribution in [2.75, 3.05) is 24.3 Å². The van der Waals surface area contributed by atoms with Crippen LogP contribution in [0.4, 0.5) is 5.69 Å². The number of hydrogen-bond acceptors (Lipinski definition) is 5. The van der Waals surface area contributed by atoms with Crippen molar-refractivity contribution >= 4 is 43.9 Å². The largest absolute Gasteiger partial charge is 0.397 e. The fourth-order valence-corrected chi connectivity index (χ4v) is 3.96. The molecule has 0 saturated heterocycles. The molecule has 0 aromatic carbocycles. The van der Waals surface area contributed by atoms with E-state index >= 15 is 0 Å². The molecule has 1 atom stereocenters. The number of rotatable bonds is 4. The zero-order valence-corrected chi connectivity index (χ0v) is 13.4. The monoisotopic (exact) mass is 323 g/mol. The van der Waals surface area contributed by atoms with E-state index in [2.05, 4.69) is 16.4 Å². The molecule has 0 bridgehead atoms. The Morgan fingerprint density at radius 2 is 2.33 bits per heavy atom. The molecule has 112 valence electrons. The number of thiophene rings is 1. The maximum Gasteiger partial charge on any atom is 0.263 e. The van der Waals surface area contributed by atoms with Crippen LogP contribution in [0, 0.1) is 0 Å². The van der Waals surface area contributed by atoms with Crippen LogP contribution in [0.5, 0.6) is 0 Å². The molecule has 3 rings (SSSR count). The average molecular weight is 323 g/mol. The molecule has 0 spiro atoms. The van der Waals surface area contributed by atoms with Gasteiger partial charge in [-0.3, -0.25) is 9.00 Å². The van der Waals surface area contributed by atoms with Crippen molar-refractivity contribution in [2.45, 2.75) is 19.3 Å². The van der Waals surface area contributed by atoms with Crippen LogP contribution < -0.4 is 11.1 Å². The molecule has 1 amide bonds. The lowest BCUT2D eigenvalue weighted by atomic mass is 10.1. The van der Waals surface area contributed by atoms with Crippen molar-refractivity contribution in [1.82, 2.24) is 10.3 Å². The number of pyridine rings is 1. The molecule has 0 radical (unpaired) electrons. The van der Waals surface area contributed by atoms with Gasteiger partial charge < -0.3 is 11.1 Å². The molecule has 0 fully saturated rings. The Bertz CT molecular complexity index is 739. The highest BCUT2D eigenvalue weighted by Crippen LogP contribution is 2.35. The van der Waals surface area contributed by atoms with Gasteiger partial charge in [-0.15, -0.1) is 11.3 Å². The molecule has 1 unspecified atom stereocenters. The van der Waals surface area contributed by atoms with Crippen molar-refractivity contribution in [3.05, 3.63) is 22.2 Å². The second kappa shape index (κ2) is 5.73. The fourth-order valence-electron chi connectivity index (χ4n) is 2.56. The van der Waals surface area contributed by atoms with E-state index in [-0.39, 0.29) is 5.91 Å². The van der Waals surface area contributed by atoms with Crippen molar-refractivity contribution < 1.29 is 9.00 Å². The van der Waals surface area contributed by atoms with Gasteiger partial charge in [-0.1, -0.05) is 0 Å². The van der Waals surface area contributed by atoms with Gasteiger partial charge in [-0.05, 0) is 30.9 Å². The number of carbonyl (C=O) groups is 1. The van der Waals surface area contributed by atoms with Crippen LogP contribution in [0.15, 0.2) is 6.07 Å². The number of anilines is 1. The zero-order chi connectivity index (χ0) is 15.0. The SMILES string of the molecule is CS(=O)CCNC(=O)c1sc2nc3c(cc2c1N)CCC3. The van der Waals surface area contributed by atoms with Gasteiger partial charge in [-0.25, -0.2) is 4.98 Å². The lowest BCUT2D eigenvalue weighted by molar-refractivity contribution is 0.0961. The Morgan fingerprint density at radius 3 is 3.10 bits per heavy atom. The Balaban J connectivity index is 1.87. The second-order valence-electron chi connectivity index (χ2n) is 5.18. The molecular weight excluding hydrogens is 306 g/mol. The first-order chi connectivity index (χ1) is 10.1. The number of nitrogen functional groups attached to an aromatic ring is 1. The normalized spacial score (nSPS) is 15.1. The van der Waals surface area contributed by atoms with Gasteiger partial charge in [0.15, 0.2) is 0 Å². The molecule has 2 heterocycles. The van der Waals surface area contributed by atoms with Crippen LogP contribution in [0.3, 0.4) is 0 Å². The van der Waals surface area contributed by atoms with E-state index in [4.69, 9.17) is 5.73 Å². The highest BCUT2D eigenvalue weighted by molar-refractivity contribution is 7.84. The number of nitrogens with two attached hydrogens (primary N) is 1. The van der Waals surface area contributed by atoms with Gasteiger partial charge in [-0.2, -0.15) is 0 Å². The minimum Gasteiger partial charge on any atom is -0.397 e. The number of nitrogens with zero attached hydrogens (tertiary/aromatic N) is 1. The molecule has 1 aliphatic rings. The smallest absolute Gasteiger partial charge is 0.263 e. The summed E-state index contributed by atoms with van der Waals surface area (Å²) >= 11 is 1.33. The number of amides is 1. The predicted molar refractivity (Wildman–Crippen MR) is 87.3 cm³/mol. The predicted octanol–water partition coefficient (Wildman–Crippen LogP) is 1.48. The summed E-state index contributed by atoms with van der Waals surface area (Å²) in [6.45, 7) is 0.388. The molecule has 3 N–H and O–H groups in total. The van der Waals surface area contributed by atoms with E-state index in [9.17, 15) is 9.00 Å². The maximum absolute atomic E-state index is 12.2. The molecule has 1 aliphatic carbocycles. The van der Waals surface area contributed by atoms with Crippen LogP contribution in [0.2, 0.25) is 0 Å². The Labute approximate surface area is 129 Å². The van der Waals surface area contributed by atoms with Crippen molar-refractivity contribution in [1.29, 1.82) is 0 Å². The Morgan fingerprint density at radius 1 is 1.52 bits per heavy atom. The maximum atomic E-state index is 12.2. The number of aryl methyl sites for hydroxylation is 2. The third-order valence-corrected chi connectivity index (χ3v) is 5.52. The van der Waals surface area contributed by atoms with E-state index in [1.165, 1.54) is 16.9 Å². The molecule has 2 aromatic rings. The van der Waals surface area contributed by atoms with E-state index < -0.39 is 10.8 Å². The third kappa shape index (κ3) is 2.80. The molecule has 21 heavy (non-hydrogen) atoms. The first kappa shape index (κ1) is 14.5. The summed E-state index contributed by atoms with van der Waals surface area (Å²) in [4.78, 5) is 18.1. The molecule has 2 aromatic heterocycles. The summed E-state index contributed by atoms with van der Waals surface area (Å²) in [5, 5.41) is 3.64. The number of fused-ring (bicyclic) bond motifs is 2. The van der Waals surface area contributed by atoms with Crippen LogP contribution in [-0.2, 0) is 23.6 Å². The quantitative estimate of drug-likeness (QED) is 0.892. The van der Waals surface area contributed by atoms with E-state index in [1.807, 2.05) is 0 Å². The topological polar surface area (TPSA) is 85.1 Å². The first-order valence-corrected chi connectivity index (χ1v) is 9.39. The van der Waals surface area contributed by atoms with Crippen molar-refractivity contribution in [3.63, 3.8) is 0 Å². The van der Waals surface area contributed by atoms with Crippen molar-refractivity contribution in [2.24, 2.45) is 0 Å². The number of hydrogen-bond donors (Lipinski definition) is 2. The standard InChI is InChI=1S/C14H17N3O2S2/c1-21(19)6-5-16-13(18)12-11(15)9-7-8-3-2-4-10(8)17-14(9)20-12/h7H,2-6,15H2,1H3,(H,16,18). The van der Waals surface area contributed by atoms with Gasteiger partial charge >= 0.3 is 0 Å². The minimum absolute atomic E-state index is 0.207. The van der Waals surface area contributed by atoms with Gasteiger partial charge in [0.25, 0.3) is 5.91 Å². The molecular formula is C14H17N3O2S2. The molecule has 0 saturated carbocycles. The number of carbonyl (C=O) groups excluding carboxylic acids is 1. The highest BCUT2D eigenvalue weighted by atomic mass is 32.2. The van der Waals surface area contributed by atoms with Gasteiger partial charge in [0, 0.05) is 40.4 Å². The number of nitrogens with one attached hydrogen (secondary N) is 1. The fraction of sp³-hybridized carbons (Fsp3) is 0.429. The van der Waals surface area contributed by atoms with E-state index in [0.29, 0.717) is 22.9 Å². The van der Waals surface area contributed by atoms with Gasteiger partial charge in [0.05, 0.1) is 5.69 Å². The van der Waals surface area contributed by atoms with Crippen LogP contribution >= 0.6 is 11.3 Å². The Hall–Kier alpha value is -1.47. The molecule has 0 aliphatic heterocycles. The van der Waals surface area contributed by atoms with Gasteiger partial charge in [0.2, 0.25) is 0 Å². The first-order valence-electron chi connectivity index (χ1n) is 6.85. The molecule has 7 heteroatoms.